The summed E-state index contributed by atoms with van der Waals surface area (Å²) in [5.41, 5.74) is -0.124. The molecular weight excluding hydrogens is 237 g/mol. The van der Waals surface area contributed by atoms with Crippen LogP contribution in [0.3, 0.4) is 0 Å². The van der Waals surface area contributed by atoms with Crippen molar-refractivity contribution < 1.29 is 14.3 Å². The molecule has 1 fully saturated rings. The maximum absolute atomic E-state index is 12.9. The van der Waals surface area contributed by atoms with E-state index < -0.39 is 11.8 Å². The van der Waals surface area contributed by atoms with Crippen molar-refractivity contribution in [2.24, 2.45) is 5.92 Å². The number of aromatic nitrogens is 1. The standard InChI is InChI=1S/C12H16FN3O2/c1-16-3-2-8(7-16)5-14-11-10(12(17)18)4-9(13)6-15-11/h4,6,8H,2-3,5,7H2,1H3,(H,14,15)(H,17,18). The van der Waals surface area contributed by atoms with Crippen molar-refractivity contribution in [3.63, 3.8) is 0 Å². The van der Waals surface area contributed by atoms with Crippen LogP contribution >= 0.6 is 0 Å². The molecule has 18 heavy (non-hydrogen) atoms. The molecule has 1 aliphatic rings. The van der Waals surface area contributed by atoms with Crippen LogP contribution in [0.4, 0.5) is 10.2 Å². The summed E-state index contributed by atoms with van der Waals surface area (Å²) in [6.45, 7) is 2.69. The van der Waals surface area contributed by atoms with Gasteiger partial charge in [-0.05, 0) is 32.0 Å². The fourth-order valence-corrected chi connectivity index (χ4v) is 2.18. The molecule has 6 heteroatoms. The van der Waals surface area contributed by atoms with Crippen LogP contribution in [-0.2, 0) is 0 Å². The Labute approximate surface area is 105 Å². The molecule has 1 atom stereocenters. The highest BCUT2D eigenvalue weighted by atomic mass is 19.1. The number of aromatic carboxylic acids is 1. The number of rotatable bonds is 4. The number of carbonyl (C=O) groups is 1. The molecule has 1 aliphatic heterocycles. The van der Waals surface area contributed by atoms with E-state index in [1.807, 2.05) is 0 Å². The van der Waals surface area contributed by atoms with Crippen LogP contribution in [0.15, 0.2) is 12.3 Å². The number of anilines is 1. The van der Waals surface area contributed by atoms with Gasteiger partial charge in [-0.15, -0.1) is 0 Å². The van der Waals surface area contributed by atoms with Gasteiger partial charge in [-0.3, -0.25) is 0 Å². The first-order valence-corrected chi connectivity index (χ1v) is 5.87. The first kappa shape index (κ1) is 12.8. The minimum atomic E-state index is -1.17. The van der Waals surface area contributed by atoms with E-state index in [0.717, 1.165) is 31.8 Å². The number of hydrogen-bond acceptors (Lipinski definition) is 4. The quantitative estimate of drug-likeness (QED) is 0.846. The molecule has 0 aliphatic carbocycles. The third-order valence-corrected chi connectivity index (χ3v) is 3.13. The lowest BCUT2D eigenvalue weighted by molar-refractivity contribution is 0.0697. The highest BCUT2D eigenvalue weighted by Crippen LogP contribution is 2.17. The summed E-state index contributed by atoms with van der Waals surface area (Å²) >= 11 is 0. The molecule has 2 N–H and O–H groups in total. The van der Waals surface area contributed by atoms with Crippen molar-refractivity contribution >= 4 is 11.8 Å². The summed E-state index contributed by atoms with van der Waals surface area (Å²) in [4.78, 5) is 17.0. The van der Waals surface area contributed by atoms with E-state index >= 15 is 0 Å². The molecule has 2 rings (SSSR count). The molecule has 0 saturated carbocycles. The van der Waals surface area contributed by atoms with Gasteiger partial charge in [-0.2, -0.15) is 0 Å². The molecule has 0 bridgehead atoms. The van der Waals surface area contributed by atoms with E-state index in [9.17, 15) is 9.18 Å². The van der Waals surface area contributed by atoms with E-state index in [2.05, 4.69) is 22.2 Å². The number of likely N-dealkylation sites (tertiary alicyclic amines) is 1. The molecule has 98 valence electrons. The summed E-state index contributed by atoms with van der Waals surface area (Å²) in [6, 6.07) is 0.985. The lowest BCUT2D eigenvalue weighted by Gasteiger charge is -2.13. The summed E-state index contributed by atoms with van der Waals surface area (Å²) in [6.07, 6.45) is 2.10. The minimum Gasteiger partial charge on any atom is -0.478 e. The minimum absolute atomic E-state index is 0.124. The topological polar surface area (TPSA) is 65.5 Å². The Balaban J connectivity index is 2.02. The average Bonchev–Trinajstić information content (AvgIpc) is 2.73. The summed E-state index contributed by atoms with van der Waals surface area (Å²) in [5, 5.41) is 12.0. The first-order chi connectivity index (χ1) is 8.56. The van der Waals surface area contributed by atoms with E-state index in [-0.39, 0.29) is 11.4 Å². The Morgan fingerprint density at radius 2 is 2.50 bits per heavy atom. The van der Waals surface area contributed by atoms with E-state index in [1.54, 1.807) is 0 Å². The summed E-state index contributed by atoms with van der Waals surface area (Å²) in [7, 11) is 2.05. The van der Waals surface area contributed by atoms with Crippen LogP contribution < -0.4 is 5.32 Å². The van der Waals surface area contributed by atoms with Gasteiger partial charge in [0.05, 0.1) is 6.20 Å². The van der Waals surface area contributed by atoms with Gasteiger partial charge in [0.2, 0.25) is 0 Å². The van der Waals surface area contributed by atoms with Gasteiger partial charge in [0, 0.05) is 13.1 Å². The fraction of sp³-hybridized carbons (Fsp3) is 0.500. The predicted molar refractivity (Wildman–Crippen MR) is 65.2 cm³/mol. The maximum Gasteiger partial charge on any atom is 0.339 e. The third kappa shape index (κ3) is 2.95. The van der Waals surface area contributed by atoms with Crippen LogP contribution in [0.1, 0.15) is 16.8 Å². The number of pyridine rings is 1. The molecule has 0 aromatic carbocycles. The molecule has 1 unspecified atom stereocenters. The number of carboxylic acids is 1. The van der Waals surface area contributed by atoms with Gasteiger partial charge in [-0.1, -0.05) is 0 Å². The van der Waals surface area contributed by atoms with E-state index in [0.29, 0.717) is 12.5 Å². The Morgan fingerprint density at radius 1 is 1.72 bits per heavy atom. The lowest BCUT2D eigenvalue weighted by atomic mass is 10.1. The number of hydrogen-bond donors (Lipinski definition) is 2. The number of nitrogens with one attached hydrogen (secondary N) is 1. The molecule has 0 radical (unpaired) electrons. The smallest absolute Gasteiger partial charge is 0.339 e. The zero-order chi connectivity index (χ0) is 13.1. The van der Waals surface area contributed by atoms with Crippen molar-refractivity contribution in [2.75, 3.05) is 32.0 Å². The Kier molecular flexibility index (Phi) is 3.76. The van der Waals surface area contributed by atoms with E-state index in [1.165, 1.54) is 0 Å². The Bertz CT molecular complexity index is 453. The molecular formula is C12H16FN3O2. The second-order valence-corrected chi connectivity index (χ2v) is 4.65. The van der Waals surface area contributed by atoms with Crippen molar-refractivity contribution in [1.82, 2.24) is 9.88 Å². The van der Waals surface area contributed by atoms with Crippen molar-refractivity contribution in [1.29, 1.82) is 0 Å². The zero-order valence-electron chi connectivity index (χ0n) is 10.2. The molecule has 2 heterocycles. The normalized spacial score (nSPS) is 20.0. The average molecular weight is 253 g/mol. The summed E-state index contributed by atoms with van der Waals surface area (Å²) in [5.74, 6) is -1.10. The van der Waals surface area contributed by atoms with Crippen molar-refractivity contribution in [3.8, 4) is 0 Å². The molecule has 0 amide bonds. The van der Waals surface area contributed by atoms with Crippen LogP contribution in [0, 0.1) is 11.7 Å². The number of halogens is 1. The first-order valence-electron chi connectivity index (χ1n) is 5.87. The van der Waals surface area contributed by atoms with Gasteiger partial charge in [0.1, 0.15) is 17.2 Å². The molecule has 1 saturated heterocycles. The zero-order valence-corrected chi connectivity index (χ0v) is 10.2. The van der Waals surface area contributed by atoms with Crippen molar-refractivity contribution in [3.05, 3.63) is 23.6 Å². The molecule has 1 aromatic rings. The van der Waals surface area contributed by atoms with Crippen molar-refractivity contribution in [2.45, 2.75) is 6.42 Å². The van der Waals surface area contributed by atoms with Gasteiger partial charge in [0.15, 0.2) is 0 Å². The maximum atomic E-state index is 12.9. The van der Waals surface area contributed by atoms with Crippen LogP contribution in [0.2, 0.25) is 0 Å². The fourth-order valence-electron chi connectivity index (χ4n) is 2.18. The van der Waals surface area contributed by atoms with Gasteiger partial charge < -0.3 is 15.3 Å². The second kappa shape index (κ2) is 5.30. The van der Waals surface area contributed by atoms with Gasteiger partial charge in [0.25, 0.3) is 0 Å². The van der Waals surface area contributed by atoms with Crippen LogP contribution in [0.25, 0.3) is 0 Å². The molecule has 5 nitrogen and oxygen atoms in total. The monoisotopic (exact) mass is 253 g/mol. The van der Waals surface area contributed by atoms with Crippen LogP contribution in [-0.4, -0.2) is 47.6 Å². The number of carboxylic acid groups (broad SMARTS) is 1. The SMILES string of the molecule is CN1CCC(CNc2ncc(F)cc2C(=O)O)C1. The number of nitrogens with zero attached hydrogens (tertiary/aromatic N) is 2. The summed E-state index contributed by atoms with van der Waals surface area (Å²) < 4.78 is 12.9. The third-order valence-electron chi connectivity index (χ3n) is 3.13. The van der Waals surface area contributed by atoms with Gasteiger partial charge >= 0.3 is 5.97 Å². The van der Waals surface area contributed by atoms with Gasteiger partial charge in [-0.25, -0.2) is 14.2 Å². The molecule has 1 aromatic heterocycles. The highest BCUT2D eigenvalue weighted by Gasteiger charge is 2.20. The largest absolute Gasteiger partial charge is 0.478 e. The van der Waals surface area contributed by atoms with E-state index in [4.69, 9.17) is 5.11 Å². The lowest BCUT2D eigenvalue weighted by Crippen LogP contribution is -2.20. The Hall–Kier alpha value is -1.69. The highest BCUT2D eigenvalue weighted by molar-refractivity contribution is 5.93. The molecule has 0 spiro atoms. The predicted octanol–water partition coefficient (Wildman–Crippen LogP) is 1.28. The Morgan fingerprint density at radius 3 is 3.11 bits per heavy atom. The van der Waals surface area contributed by atoms with Crippen LogP contribution in [0.5, 0.6) is 0 Å². The second-order valence-electron chi connectivity index (χ2n) is 4.65.